The van der Waals surface area contributed by atoms with Crippen molar-refractivity contribution in [2.45, 2.75) is 6.61 Å². The van der Waals surface area contributed by atoms with Gasteiger partial charge in [-0.05, 0) is 17.7 Å². The highest BCUT2D eigenvalue weighted by Crippen LogP contribution is 2.20. The normalized spacial score (nSPS) is 9.95. The van der Waals surface area contributed by atoms with Gasteiger partial charge >= 0.3 is 0 Å². The van der Waals surface area contributed by atoms with Crippen LogP contribution in [0.4, 0.5) is 11.4 Å². The Kier molecular flexibility index (Phi) is 4.99. The number of nitrogens with one attached hydrogen (secondary N) is 1. The van der Waals surface area contributed by atoms with Gasteiger partial charge in [0.15, 0.2) is 0 Å². The van der Waals surface area contributed by atoms with Gasteiger partial charge in [0.05, 0.1) is 30.2 Å². The second kappa shape index (κ2) is 7.17. The summed E-state index contributed by atoms with van der Waals surface area (Å²) in [7, 11) is 0. The van der Waals surface area contributed by atoms with Crippen molar-refractivity contribution in [3.05, 3.63) is 59.7 Å². The maximum absolute atomic E-state index is 9.05. The molecule has 0 aliphatic heterocycles. The average molecular weight is 267 g/mol. The predicted octanol–water partition coefficient (Wildman–Crippen LogP) is 2.77. The molecule has 0 atom stereocenters. The highest BCUT2D eigenvalue weighted by molar-refractivity contribution is 5.69. The van der Waals surface area contributed by atoms with Crippen LogP contribution in [-0.4, -0.2) is 13.2 Å². The molecule has 2 rings (SSSR count). The maximum Gasteiger partial charge on any atom is 0.103 e. The van der Waals surface area contributed by atoms with Crippen molar-refractivity contribution in [2.24, 2.45) is 0 Å². The molecule has 0 radical (unpaired) electrons. The van der Waals surface area contributed by atoms with E-state index in [-0.39, 0.29) is 0 Å². The van der Waals surface area contributed by atoms with E-state index in [2.05, 4.69) is 11.4 Å². The molecule has 0 aromatic heterocycles. The molecule has 2 aromatic rings. The van der Waals surface area contributed by atoms with Crippen molar-refractivity contribution >= 4 is 11.4 Å². The van der Waals surface area contributed by atoms with Crippen LogP contribution >= 0.6 is 0 Å². The lowest BCUT2D eigenvalue weighted by atomic mass is 10.1. The van der Waals surface area contributed by atoms with Gasteiger partial charge < -0.3 is 15.8 Å². The monoisotopic (exact) mass is 267 g/mol. The minimum absolute atomic E-state index is 0.482. The van der Waals surface area contributed by atoms with E-state index < -0.39 is 0 Å². The molecule has 0 heterocycles. The van der Waals surface area contributed by atoms with Gasteiger partial charge in [-0.25, -0.2) is 0 Å². The molecule has 2 aromatic carbocycles. The van der Waals surface area contributed by atoms with Crippen molar-refractivity contribution in [1.29, 1.82) is 5.26 Å². The summed E-state index contributed by atoms with van der Waals surface area (Å²) in [6, 6.07) is 17.5. The number of nitrogens with two attached hydrogens (primary N) is 1. The fourth-order valence-electron chi connectivity index (χ4n) is 1.86. The molecule has 0 fully saturated rings. The topological polar surface area (TPSA) is 71.1 Å². The molecule has 4 heteroatoms. The number of hydrogen-bond donors (Lipinski definition) is 2. The van der Waals surface area contributed by atoms with Crippen LogP contribution in [-0.2, 0) is 11.3 Å². The van der Waals surface area contributed by atoms with Gasteiger partial charge in [0.25, 0.3) is 0 Å². The zero-order valence-electron chi connectivity index (χ0n) is 11.2. The lowest BCUT2D eigenvalue weighted by Crippen LogP contribution is -2.10. The lowest BCUT2D eigenvalue weighted by molar-refractivity contribution is 0.130. The molecule has 102 valence electrons. The number of anilines is 2. The predicted molar refractivity (Wildman–Crippen MR) is 80.2 cm³/mol. The fraction of sp³-hybridized carbons (Fsp3) is 0.188. The van der Waals surface area contributed by atoms with E-state index in [9.17, 15) is 0 Å². The van der Waals surface area contributed by atoms with Gasteiger partial charge in [-0.2, -0.15) is 5.26 Å². The first-order valence-corrected chi connectivity index (χ1v) is 6.45. The van der Waals surface area contributed by atoms with Crippen LogP contribution in [0.1, 0.15) is 11.1 Å². The maximum atomic E-state index is 9.05. The third-order valence-corrected chi connectivity index (χ3v) is 2.88. The van der Waals surface area contributed by atoms with E-state index in [4.69, 9.17) is 15.7 Å². The molecule has 0 spiro atoms. The zero-order valence-corrected chi connectivity index (χ0v) is 11.2. The summed E-state index contributed by atoms with van der Waals surface area (Å²) in [5, 5.41) is 12.2. The summed E-state index contributed by atoms with van der Waals surface area (Å²) in [5.41, 5.74) is 8.61. The molecule has 0 unspecified atom stereocenters. The summed E-state index contributed by atoms with van der Waals surface area (Å²) in [6.07, 6.45) is 0. The van der Waals surface area contributed by atoms with E-state index in [1.807, 2.05) is 42.5 Å². The zero-order chi connectivity index (χ0) is 14.2. The van der Waals surface area contributed by atoms with Crippen molar-refractivity contribution < 1.29 is 4.74 Å². The highest BCUT2D eigenvalue weighted by atomic mass is 16.5. The van der Waals surface area contributed by atoms with Crippen LogP contribution in [0.25, 0.3) is 0 Å². The Morgan fingerprint density at radius 3 is 2.65 bits per heavy atom. The standard InChI is InChI=1S/C16H17N3O/c17-11-14-15(18)7-4-8-16(14)19-9-10-20-12-13-5-2-1-3-6-13/h1-8,19H,9-10,12,18H2. The summed E-state index contributed by atoms with van der Waals surface area (Å²) in [5.74, 6) is 0. The minimum Gasteiger partial charge on any atom is -0.398 e. The third kappa shape index (κ3) is 3.74. The lowest BCUT2D eigenvalue weighted by Gasteiger charge is -2.10. The summed E-state index contributed by atoms with van der Waals surface area (Å²) in [6.45, 7) is 1.78. The van der Waals surface area contributed by atoms with Crippen molar-refractivity contribution in [2.75, 3.05) is 24.2 Å². The molecule has 20 heavy (non-hydrogen) atoms. The molecule has 0 amide bonds. The Morgan fingerprint density at radius 2 is 1.90 bits per heavy atom. The van der Waals surface area contributed by atoms with E-state index in [1.54, 1.807) is 6.07 Å². The number of benzene rings is 2. The van der Waals surface area contributed by atoms with Gasteiger partial charge in [-0.3, -0.25) is 0 Å². The van der Waals surface area contributed by atoms with Gasteiger partial charge in [0.1, 0.15) is 6.07 Å². The number of nitrogens with zero attached hydrogens (tertiary/aromatic N) is 1. The summed E-state index contributed by atoms with van der Waals surface area (Å²) in [4.78, 5) is 0. The Bertz CT molecular complexity index is 590. The molecular formula is C16H17N3O. The van der Waals surface area contributed by atoms with Crippen LogP contribution in [0.3, 0.4) is 0 Å². The number of nitrogen functional groups attached to an aromatic ring is 1. The Labute approximate surface area is 118 Å². The molecular weight excluding hydrogens is 250 g/mol. The second-order valence-corrected chi connectivity index (χ2v) is 4.35. The highest BCUT2D eigenvalue weighted by Gasteiger charge is 2.04. The Morgan fingerprint density at radius 1 is 1.10 bits per heavy atom. The smallest absolute Gasteiger partial charge is 0.103 e. The quantitative estimate of drug-likeness (QED) is 0.623. The number of ether oxygens (including phenoxy) is 1. The van der Waals surface area contributed by atoms with Crippen molar-refractivity contribution in [3.63, 3.8) is 0 Å². The van der Waals surface area contributed by atoms with Crippen LogP contribution in [0.5, 0.6) is 0 Å². The van der Waals surface area contributed by atoms with Crippen LogP contribution in [0.2, 0.25) is 0 Å². The average Bonchev–Trinajstić information content (AvgIpc) is 2.48. The van der Waals surface area contributed by atoms with Crippen LogP contribution in [0, 0.1) is 11.3 Å². The summed E-state index contributed by atoms with van der Waals surface area (Å²) >= 11 is 0. The van der Waals surface area contributed by atoms with Gasteiger partial charge in [0, 0.05) is 6.54 Å². The van der Waals surface area contributed by atoms with Crippen LogP contribution in [0.15, 0.2) is 48.5 Å². The largest absolute Gasteiger partial charge is 0.398 e. The van der Waals surface area contributed by atoms with Gasteiger partial charge in [0.2, 0.25) is 0 Å². The first-order valence-electron chi connectivity index (χ1n) is 6.45. The SMILES string of the molecule is N#Cc1c(N)cccc1NCCOCc1ccccc1. The fourth-order valence-corrected chi connectivity index (χ4v) is 1.86. The second-order valence-electron chi connectivity index (χ2n) is 4.35. The summed E-state index contributed by atoms with van der Waals surface area (Å²) < 4.78 is 5.57. The van der Waals surface area contributed by atoms with Gasteiger partial charge in [-0.15, -0.1) is 0 Å². The van der Waals surface area contributed by atoms with E-state index >= 15 is 0 Å². The van der Waals surface area contributed by atoms with E-state index in [1.165, 1.54) is 0 Å². The number of rotatable bonds is 6. The molecule has 0 aliphatic carbocycles. The number of nitriles is 1. The molecule has 0 aliphatic rings. The van der Waals surface area contributed by atoms with Crippen molar-refractivity contribution in [1.82, 2.24) is 0 Å². The molecule has 0 saturated heterocycles. The molecule has 0 bridgehead atoms. The molecule has 3 N–H and O–H groups in total. The van der Waals surface area contributed by atoms with Gasteiger partial charge in [-0.1, -0.05) is 36.4 Å². The third-order valence-electron chi connectivity index (χ3n) is 2.88. The first-order chi connectivity index (χ1) is 9.81. The first kappa shape index (κ1) is 13.9. The van der Waals surface area contributed by atoms with Crippen LogP contribution < -0.4 is 11.1 Å². The van der Waals surface area contributed by atoms with Crippen molar-refractivity contribution in [3.8, 4) is 6.07 Å². The molecule has 4 nitrogen and oxygen atoms in total. The Hall–Kier alpha value is -2.51. The molecule has 0 saturated carbocycles. The Balaban J connectivity index is 1.77. The van der Waals surface area contributed by atoms with E-state index in [0.29, 0.717) is 31.0 Å². The number of hydrogen-bond acceptors (Lipinski definition) is 4. The van der Waals surface area contributed by atoms with E-state index in [0.717, 1.165) is 11.3 Å². The minimum atomic E-state index is 0.482.